The van der Waals surface area contributed by atoms with Crippen molar-refractivity contribution < 1.29 is 5.11 Å². The van der Waals surface area contributed by atoms with Gasteiger partial charge >= 0.3 is 0 Å². The third kappa shape index (κ3) is 2.43. The Bertz CT molecular complexity index is 524. The van der Waals surface area contributed by atoms with Crippen molar-refractivity contribution in [1.29, 1.82) is 0 Å². The minimum absolute atomic E-state index is 0.426. The highest BCUT2D eigenvalue weighted by Gasteiger charge is 2.16. The molecule has 0 aliphatic rings. The lowest BCUT2D eigenvalue weighted by Crippen LogP contribution is -2.06. The van der Waals surface area contributed by atoms with E-state index in [2.05, 4.69) is 5.10 Å². The average Bonchev–Trinajstić information content (AvgIpc) is 2.63. The van der Waals surface area contributed by atoms with Crippen LogP contribution in [0.5, 0.6) is 0 Å². The molecule has 1 atom stereocenters. The number of halogens is 1. The number of hydrogen-bond acceptors (Lipinski definition) is 3. The fraction of sp³-hybridized carbons (Fsp3) is 0.250. The summed E-state index contributed by atoms with van der Waals surface area (Å²) in [5.74, 6) is 0.476. The van der Waals surface area contributed by atoms with Crippen molar-refractivity contribution in [2.75, 3.05) is 5.73 Å². The minimum Gasteiger partial charge on any atom is -0.388 e. The topological polar surface area (TPSA) is 64.1 Å². The summed E-state index contributed by atoms with van der Waals surface area (Å²) >= 11 is 6.04. The molecule has 0 saturated heterocycles. The van der Waals surface area contributed by atoms with Gasteiger partial charge in [0.25, 0.3) is 0 Å². The van der Waals surface area contributed by atoms with E-state index in [-0.39, 0.29) is 0 Å². The predicted octanol–water partition coefficient (Wildman–Crippen LogP) is 1.93. The number of aliphatic hydroxyl groups is 1. The molecule has 0 fully saturated rings. The van der Waals surface area contributed by atoms with Gasteiger partial charge in [-0.15, -0.1) is 0 Å². The van der Waals surface area contributed by atoms with Gasteiger partial charge < -0.3 is 10.8 Å². The van der Waals surface area contributed by atoms with Gasteiger partial charge in [-0.1, -0.05) is 29.8 Å². The lowest BCUT2D eigenvalue weighted by atomic mass is 10.0. The number of aromatic nitrogens is 2. The van der Waals surface area contributed by atoms with E-state index in [0.29, 0.717) is 22.8 Å². The van der Waals surface area contributed by atoms with Crippen molar-refractivity contribution in [2.45, 2.75) is 12.5 Å². The van der Waals surface area contributed by atoms with Gasteiger partial charge in [-0.05, 0) is 11.6 Å². The third-order valence-electron chi connectivity index (χ3n) is 2.74. The monoisotopic (exact) mass is 251 g/mol. The number of nitrogens with two attached hydrogens (primary N) is 1. The highest BCUT2D eigenvalue weighted by Crippen LogP contribution is 2.26. The largest absolute Gasteiger partial charge is 0.388 e. The van der Waals surface area contributed by atoms with Gasteiger partial charge in [-0.25, -0.2) is 0 Å². The van der Waals surface area contributed by atoms with Crippen molar-refractivity contribution in [2.24, 2.45) is 7.05 Å². The first-order valence-electron chi connectivity index (χ1n) is 5.28. The SMILES string of the molecule is Cn1ncc(C(O)Cc2ccccc2Cl)c1N. The highest BCUT2D eigenvalue weighted by molar-refractivity contribution is 6.31. The summed E-state index contributed by atoms with van der Waals surface area (Å²) in [5, 5.41) is 14.7. The van der Waals surface area contributed by atoms with Crippen LogP contribution in [-0.2, 0) is 13.5 Å². The Hall–Kier alpha value is -1.52. The maximum atomic E-state index is 10.1. The Morgan fingerprint density at radius 1 is 1.47 bits per heavy atom. The lowest BCUT2D eigenvalue weighted by Gasteiger charge is -2.11. The lowest BCUT2D eigenvalue weighted by molar-refractivity contribution is 0.179. The molecule has 0 aliphatic heterocycles. The summed E-state index contributed by atoms with van der Waals surface area (Å²) in [6.45, 7) is 0. The zero-order valence-electron chi connectivity index (χ0n) is 9.47. The van der Waals surface area contributed by atoms with E-state index in [0.717, 1.165) is 5.56 Å². The number of anilines is 1. The maximum absolute atomic E-state index is 10.1. The van der Waals surface area contributed by atoms with Crippen molar-refractivity contribution in [3.63, 3.8) is 0 Å². The normalized spacial score (nSPS) is 12.6. The molecule has 1 aromatic carbocycles. The van der Waals surface area contributed by atoms with Crippen molar-refractivity contribution in [1.82, 2.24) is 9.78 Å². The first-order chi connectivity index (χ1) is 8.09. The summed E-state index contributed by atoms with van der Waals surface area (Å²) in [5.41, 5.74) is 7.33. The molecule has 1 heterocycles. The third-order valence-corrected chi connectivity index (χ3v) is 3.11. The van der Waals surface area contributed by atoms with Gasteiger partial charge in [0.2, 0.25) is 0 Å². The summed E-state index contributed by atoms with van der Waals surface area (Å²) in [6, 6.07) is 7.44. The Labute approximate surface area is 105 Å². The molecule has 4 nitrogen and oxygen atoms in total. The van der Waals surface area contributed by atoms with Gasteiger partial charge in [0.15, 0.2) is 0 Å². The molecule has 0 spiro atoms. The van der Waals surface area contributed by atoms with Crippen LogP contribution in [0.1, 0.15) is 17.2 Å². The molecule has 90 valence electrons. The zero-order valence-corrected chi connectivity index (χ0v) is 10.2. The van der Waals surface area contributed by atoms with Gasteiger partial charge in [0.05, 0.1) is 12.3 Å². The first-order valence-corrected chi connectivity index (χ1v) is 5.66. The van der Waals surface area contributed by atoms with Gasteiger partial charge in [0.1, 0.15) is 5.82 Å². The average molecular weight is 252 g/mol. The van der Waals surface area contributed by atoms with Crippen LogP contribution >= 0.6 is 11.6 Å². The van der Waals surface area contributed by atoms with Crippen molar-refractivity contribution in [3.8, 4) is 0 Å². The molecule has 0 aliphatic carbocycles. The smallest absolute Gasteiger partial charge is 0.127 e. The number of nitrogen functional groups attached to an aromatic ring is 1. The van der Waals surface area contributed by atoms with Gasteiger partial charge in [-0.2, -0.15) is 5.10 Å². The number of nitrogens with zero attached hydrogens (tertiary/aromatic N) is 2. The van der Waals surface area contributed by atoms with Gasteiger partial charge in [0, 0.05) is 24.1 Å². The van der Waals surface area contributed by atoms with E-state index in [1.165, 1.54) is 4.68 Å². The summed E-state index contributed by atoms with van der Waals surface area (Å²) in [4.78, 5) is 0. The second-order valence-corrected chi connectivity index (χ2v) is 4.33. The van der Waals surface area contributed by atoms with Crippen molar-refractivity contribution in [3.05, 3.63) is 46.6 Å². The number of rotatable bonds is 3. The van der Waals surface area contributed by atoms with Crippen LogP contribution in [0, 0.1) is 0 Å². The van der Waals surface area contributed by atoms with Crippen LogP contribution < -0.4 is 5.73 Å². The van der Waals surface area contributed by atoms with Crippen LogP contribution in [0.15, 0.2) is 30.5 Å². The zero-order chi connectivity index (χ0) is 12.4. The maximum Gasteiger partial charge on any atom is 0.127 e. The molecule has 2 rings (SSSR count). The fourth-order valence-electron chi connectivity index (χ4n) is 1.70. The van der Waals surface area contributed by atoms with E-state index >= 15 is 0 Å². The minimum atomic E-state index is -0.691. The molecule has 0 radical (unpaired) electrons. The highest BCUT2D eigenvalue weighted by atomic mass is 35.5. The molecule has 5 heteroatoms. The molecule has 0 bridgehead atoms. The Balaban J connectivity index is 2.20. The summed E-state index contributed by atoms with van der Waals surface area (Å²) in [6.07, 6.45) is 1.32. The molecule has 1 aromatic heterocycles. The Morgan fingerprint density at radius 3 is 2.76 bits per heavy atom. The molecule has 0 saturated carbocycles. The summed E-state index contributed by atoms with van der Waals surface area (Å²) in [7, 11) is 1.74. The standard InChI is InChI=1S/C12H14ClN3O/c1-16-12(14)9(7-15-16)11(17)6-8-4-2-3-5-10(8)13/h2-5,7,11,17H,6,14H2,1H3. The van der Waals surface area contributed by atoms with Crippen LogP contribution in [0.2, 0.25) is 5.02 Å². The molecule has 0 amide bonds. The molecular formula is C12H14ClN3O. The quantitative estimate of drug-likeness (QED) is 0.876. The summed E-state index contributed by atoms with van der Waals surface area (Å²) < 4.78 is 1.53. The number of aryl methyl sites for hydroxylation is 1. The number of aliphatic hydroxyl groups excluding tert-OH is 1. The van der Waals surface area contributed by atoms with Gasteiger partial charge in [-0.3, -0.25) is 4.68 Å². The fourth-order valence-corrected chi connectivity index (χ4v) is 1.92. The van der Waals surface area contributed by atoms with E-state index in [1.807, 2.05) is 18.2 Å². The van der Waals surface area contributed by atoms with E-state index in [9.17, 15) is 5.11 Å². The molecular weight excluding hydrogens is 238 g/mol. The predicted molar refractivity (Wildman–Crippen MR) is 67.7 cm³/mol. The number of hydrogen-bond donors (Lipinski definition) is 2. The van der Waals surface area contributed by atoms with E-state index in [1.54, 1.807) is 19.3 Å². The van der Waals surface area contributed by atoms with E-state index in [4.69, 9.17) is 17.3 Å². The first kappa shape index (κ1) is 12.0. The van der Waals surface area contributed by atoms with Crippen LogP contribution in [0.4, 0.5) is 5.82 Å². The van der Waals surface area contributed by atoms with Crippen LogP contribution in [-0.4, -0.2) is 14.9 Å². The van der Waals surface area contributed by atoms with E-state index < -0.39 is 6.10 Å². The Kier molecular flexibility index (Phi) is 3.36. The molecule has 1 unspecified atom stereocenters. The second-order valence-electron chi connectivity index (χ2n) is 3.92. The molecule has 3 N–H and O–H groups in total. The van der Waals surface area contributed by atoms with Crippen LogP contribution in [0.3, 0.4) is 0 Å². The second kappa shape index (κ2) is 4.77. The van der Waals surface area contributed by atoms with Crippen LogP contribution in [0.25, 0.3) is 0 Å². The number of benzene rings is 1. The molecule has 2 aromatic rings. The molecule has 17 heavy (non-hydrogen) atoms. The Morgan fingerprint density at radius 2 is 2.18 bits per heavy atom. The van der Waals surface area contributed by atoms with Crippen molar-refractivity contribution >= 4 is 17.4 Å².